The van der Waals surface area contributed by atoms with Gasteiger partial charge in [-0.3, -0.25) is 9.52 Å². The van der Waals surface area contributed by atoms with E-state index in [9.17, 15) is 13.2 Å². The summed E-state index contributed by atoms with van der Waals surface area (Å²) in [5.41, 5.74) is 5.63. The van der Waals surface area contributed by atoms with Gasteiger partial charge in [0.15, 0.2) is 0 Å². The van der Waals surface area contributed by atoms with Crippen LogP contribution >= 0.6 is 0 Å². The molecule has 0 radical (unpaired) electrons. The van der Waals surface area contributed by atoms with Gasteiger partial charge in [-0.15, -0.1) is 0 Å². The van der Waals surface area contributed by atoms with Gasteiger partial charge in [0, 0.05) is 12.0 Å². The van der Waals surface area contributed by atoms with Crippen molar-refractivity contribution in [2.45, 2.75) is 32.2 Å². The van der Waals surface area contributed by atoms with Crippen LogP contribution in [0.15, 0.2) is 0 Å². The summed E-state index contributed by atoms with van der Waals surface area (Å²) in [7, 11) is -3.41. The Balaban J connectivity index is 2.51. The highest BCUT2D eigenvalue weighted by molar-refractivity contribution is 7.90. The molecule has 3 N–H and O–H groups in total. The molecule has 1 saturated carbocycles. The van der Waals surface area contributed by atoms with Crippen molar-refractivity contribution in [1.82, 2.24) is 4.72 Å². The van der Waals surface area contributed by atoms with Gasteiger partial charge in [0.2, 0.25) is 15.9 Å². The van der Waals surface area contributed by atoms with Crippen LogP contribution in [0.4, 0.5) is 0 Å². The van der Waals surface area contributed by atoms with Crippen LogP contribution in [0.3, 0.4) is 0 Å². The van der Waals surface area contributed by atoms with Crippen LogP contribution in [0, 0.1) is 5.92 Å². The van der Waals surface area contributed by atoms with Gasteiger partial charge in [0.1, 0.15) is 0 Å². The van der Waals surface area contributed by atoms with Gasteiger partial charge in [0.25, 0.3) is 0 Å². The standard InChI is InChI=1S/C8H16N2O3S/c1-2-14(12,13)10-8(11)6-3-4-7(9)5-6/h6-7H,2-5,9H2,1H3,(H,10,11). The first-order chi connectivity index (χ1) is 6.44. The van der Waals surface area contributed by atoms with Crippen molar-refractivity contribution in [2.24, 2.45) is 11.7 Å². The Bertz CT molecular complexity index is 313. The highest BCUT2D eigenvalue weighted by atomic mass is 32.2. The quantitative estimate of drug-likeness (QED) is 0.676. The molecule has 0 bridgehead atoms. The number of carbonyl (C=O) groups excluding carboxylic acids is 1. The number of nitrogens with one attached hydrogen (secondary N) is 1. The second kappa shape index (κ2) is 4.27. The van der Waals surface area contributed by atoms with E-state index in [1.54, 1.807) is 0 Å². The SMILES string of the molecule is CCS(=O)(=O)NC(=O)C1CCC(N)C1. The minimum Gasteiger partial charge on any atom is -0.328 e. The molecule has 1 amide bonds. The van der Waals surface area contributed by atoms with E-state index in [2.05, 4.69) is 0 Å². The molecular weight excluding hydrogens is 204 g/mol. The minimum absolute atomic E-state index is 0.0371. The van der Waals surface area contributed by atoms with Crippen molar-refractivity contribution in [3.8, 4) is 0 Å². The number of hydrogen-bond donors (Lipinski definition) is 2. The Labute approximate surface area is 84.1 Å². The van der Waals surface area contributed by atoms with E-state index in [0.29, 0.717) is 12.8 Å². The van der Waals surface area contributed by atoms with Gasteiger partial charge >= 0.3 is 0 Å². The van der Waals surface area contributed by atoms with Crippen molar-refractivity contribution >= 4 is 15.9 Å². The number of nitrogens with two attached hydrogens (primary N) is 1. The van der Waals surface area contributed by atoms with E-state index in [1.165, 1.54) is 6.92 Å². The number of rotatable bonds is 3. The molecule has 2 atom stereocenters. The fourth-order valence-corrected chi connectivity index (χ4v) is 2.18. The lowest BCUT2D eigenvalue weighted by atomic mass is 10.1. The number of hydrogen-bond acceptors (Lipinski definition) is 4. The summed E-state index contributed by atoms with van der Waals surface area (Å²) >= 11 is 0. The van der Waals surface area contributed by atoms with Crippen LogP contribution in [0.5, 0.6) is 0 Å². The molecule has 0 aliphatic heterocycles. The molecular formula is C8H16N2O3S. The van der Waals surface area contributed by atoms with Crippen LogP contribution in [0.1, 0.15) is 26.2 Å². The molecule has 1 rings (SSSR count). The van der Waals surface area contributed by atoms with Crippen LogP contribution in [-0.4, -0.2) is 26.1 Å². The zero-order chi connectivity index (χ0) is 10.8. The van der Waals surface area contributed by atoms with Gasteiger partial charge in [-0.05, 0) is 26.2 Å². The largest absolute Gasteiger partial charge is 0.328 e. The van der Waals surface area contributed by atoms with Gasteiger partial charge in [0.05, 0.1) is 5.75 Å². The fourth-order valence-electron chi connectivity index (χ4n) is 1.56. The maximum Gasteiger partial charge on any atom is 0.236 e. The molecule has 5 nitrogen and oxygen atoms in total. The molecule has 1 aliphatic carbocycles. The van der Waals surface area contributed by atoms with Crippen LogP contribution in [0.25, 0.3) is 0 Å². The summed E-state index contributed by atoms with van der Waals surface area (Å²) in [6.07, 6.45) is 2.07. The van der Waals surface area contributed by atoms with Crippen molar-refractivity contribution in [3.63, 3.8) is 0 Å². The Morgan fingerprint density at radius 1 is 1.50 bits per heavy atom. The van der Waals surface area contributed by atoms with E-state index in [0.717, 1.165) is 6.42 Å². The van der Waals surface area contributed by atoms with Crippen molar-refractivity contribution < 1.29 is 13.2 Å². The molecule has 14 heavy (non-hydrogen) atoms. The molecule has 1 fully saturated rings. The van der Waals surface area contributed by atoms with Crippen molar-refractivity contribution in [3.05, 3.63) is 0 Å². The predicted molar refractivity (Wildman–Crippen MR) is 52.9 cm³/mol. The molecule has 0 saturated heterocycles. The third-order valence-electron chi connectivity index (χ3n) is 2.48. The van der Waals surface area contributed by atoms with Crippen molar-refractivity contribution in [2.75, 3.05) is 5.75 Å². The summed E-state index contributed by atoms with van der Waals surface area (Å²) in [5.74, 6) is -0.705. The third-order valence-corrected chi connectivity index (χ3v) is 3.75. The van der Waals surface area contributed by atoms with Crippen LogP contribution < -0.4 is 10.5 Å². The molecule has 1 aliphatic rings. The lowest BCUT2D eigenvalue weighted by Gasteiger charge is -2.09. The van der Waals surface area contributed by atoms with Crippen LogP contribution in [0.2, 0.25) is 0 Å². The monoisotopic (exact) mass is 220 g/mol. The molecule has 82 valence electrons. The first kappa shape index (κ1) is 11.5. The first-order valence-corrected chi connectivity index (χ1v) is 6.39. The maximum absolute atomic E-state index is 11.4. The summed E-state index contributed by atoms with van der Waals surface area (Å²) in [6.45, 7) is 1.50. The molecule has 2 unspecified atom stereocenters. The van der Waals surface area contributed by atoms with E-state index >= 15 is 0 Å². The van der Waals surface area contributed by atoms with Crippen LogP contribution in [-0.2, 0) is 14.8 Å². The Hall–Kier alpha value is -0.620. The second-order valence-electron chi connectivity index (χ2n) is 3.64. The third kappa shape index (κ3) is 2.95. The highest BCUT2D eigenvalue weighted by Gasteiger charge is 2.29. The normalized spacial score (nSPS) is 27.6. The van der Waals surface area contributed by atoms with E-state index in [1.807, 2.05) is 4.72 Å². The Kier molecular flexibility index (Phi) is 3.49. The van der Waals surface area contributed by atoms with Crippen molar-refractivity contribution in [1.29, 1.82) is 0 Å². The average molecular weight is 220 g/mol. The molecule has 0 heterocycles. The Morgan fingerprint density at radius 3 is 2.57 bits per heavy atom. The average Bonchev–Trinajstić information content (AvgIpc) is 2.51. The van der Waals surface area contributed by atoms with E-state index < -0.39 is 15.9 Å². The smallest absolute Gasteiger partial charge is 0.236 e. The van der Waals surface area contributed by atoms with Gasteiger partial charge in [-0.2, -0.15) is 0 Å². The number of amides is 1. The molecule has 6 heteroatoms. The zero-order valence-corrected chi connectivity index (χ0v) is 9.01. The molecule has 0 aromatic rings. The minimum atomic E-state index is -3.41. The summed E-state index contributed by atoms with van der Waals surface area (Å²) in [5, 5.41) is 0. The molecule has 0 aromatic carbocycles. The highest BCUT2D eigenvalue weighted by Crippen LogP contribution is 2.24. The predicted octanol–water partition coefficient (Wildman–Crippen LogP) is -0.420. The zero-order valence-electron chi connectivity index (χ0n) is 8.19. The number of sulfonamides is 1. The Morgan fingerprint density at radius 2 is 2.14 bits per heavy atom. The van der Waals surface area contributed by atoms with Gasteiger partial charge in [-0.1, -0.05) is 0 Å². The topological polar surface area (TPSA) is 89.3 Å². The molecule has 0 aromatic heterocycles. The number of carbonyl (C=O) groups is 1. The first-order valence-electron chi connectivity index (χ1n) is 4.74. The lowest BCUT2D eigenvalue weighted by Crippen LogP contribution is -2.36. The maximum atomic E-state index is 11.4. The lowest BCUT2D eigenvalue weighted by molar-refractivity contribution is -0.123. The van der Waals surface area contributed by atoms with Gasteiger partial charge in [-0.25, -0.2) is 8.42 Å². The summed E-state index contributed by atoms with van der Waals surface area (Å²) in [6, 6.07) is 0.0371. The second-order valence-corrected chi connectivity index (χ2v) is 5.65. The fraction of sp³-hybridized carbons (Fsp3) is 0.875. The van der Waals surface area contributed by atoms with Gasteiger partial charge < -0.3 is 5.73 Å². The molecule has 0 spiro atoms. The van der Waals surface area contributed by atoms with E-state index in [-0.39, 0.29) is 17.7 Å². The van der Waals surface area contributed by atoms with E-state index in [4.69, 9.17) is 5.73 Å². The summed E-state index contributed by atoms with van der Waals surface area (Å²) < 4.78 is 24.2. The summed E-state index contributed by atoms with van der Waals surface area (Å²) in [4.78, 5) is 11.4.